The predicted octanol–water partition coefficient (Wildman–Crippen LogP) is 8.08. The summed E-state index contributed by atoms with van der Waals surface area (Å²) in [6.45, 7) is 0. The van der Waals surface area contributed by atoms with Crippen LogP contribution in [0.25, 0.3) is 22.2 Å². The van der Waals surface area contributed by atoms with Crippen LogP contribution in [0, 0.1) is 0 Å². The number of aromatic nitrogens is 2. The first kappa shape index (κ1) is 25.5. The van der Waals surface area contributed by atoms with E-state index < -0.39 is 30.2 Å². The minimum Gasteiger partial charge on any atom is -0.382 e. The van der Waals surface area contributed by atoms with E-state index in [9.17, 15) is 27.8 Å². The number of anilines is 1. The van der Waals surface area contributed by atoms with Crippen molar-refractivity contribution in [2.75, 3.05) is 5.32 Å². The number of fused-ring (bicyclic) bond motifs is 1. The van der Waals surface area contributed by atoms with Crippen LogP contribution in [0.2, 0.25) is 0 Å². The number of aromatic amines is 1. The smallest absolute Gasteiger partial charge is 0.310 e. The van der Waals surface area contributed by atoms with E-state index in [1.165, 1.54) is 0 Å². The summed E-state index contributed by atoms with van der Waals surface area (Å²) in [6.07, 6.45) is 5.25. The quantitative estimate of drug-likeness (QED) is 0.235. The number of sulfone groups is 1. The Morgan fingerprint density at radius 2 is 1.51 bits per heavy atom. The standard InChI is InChI=1S/C25H24F5N3O2S2/c26-37(27,28,29,30)23-11-5-20(6-12-23)33-19-3-9-22(10-4-19)36(34,35)21-7-1-17(2-8-21)24-15-18-13-14-31-25(18)16-32-24/h1-2,5-8,11-16,19,22,31,33H,3-4,9-10H2. The highest BCUT2D eigenvalue weighted by atomic mass is 32.5. The van der Waals surface area contributed by atoms with Crippen LogP contribution in [0.15, 0.2) is 82.8 Å². The summed E-state index contributed by atoms with van der Waals surface area (Å²) in [4.78, 5) is 5.78. The number of rotatable bonds is 6. The topological polar surface area (TPSA) is 74.8 Å². The SMILES string of the molecule is O=S(=O)(c1ccc(-c2cc3cc[nH]c3cn2)cc1)C1CCC(Nc2ccc(S(F)(F)(F)(F)F)cc2)CC1. The van der Waals surface area contributed by atoms with Crippen LogP contribution < -0.4 is 5.32 Å². The average molecular weight is 558 g/mol. The van der Waals surface area contributed by atoms with Gasteiger partial charge in [0.2, 0.25) is 0 Å². The Morgan fingerprint density at radius 3 is 2.14 bits per heavy atom. The van der Waals surface area contributed by atoms with Gasteiger partial charge in [-0.3, -0.25) is 4.98 Å². The van der Waals surface area contributed by atoms with E-state index in [1.54, 1.807) is 30.5 Å². The average Bonchev–Trinajstić information content (AvgIpc) is 3.31. The molecule has 0 atom stereocenters. The molecule has 198 valence electrons. The van der Waals surface area contributed by atoms with E-state index >= 15 is 0 Å². The number of pyridine rings is 1. The third kappa shape index (κ3) is 5.45. The van der Waals surface area contributed by atoms with Crippen molar-refractivity contribution in [1.29, 1.82) is 0 Å². The van der Waals surface area contributed by atoms with Crippen LogP contribution in [0.4, 0.5) is 25.1 Å². The van der Waals surface area contributed by atoms with Gasteiger partial charge in [0.15, 0.2) is 9.84 Å². The molecule has 12 heteroatoms. The van der Waals surface area contributed by atoms with E-state index in [0.717, 1.165) is 34.3 Å². The fourth-order valence-corrected chi connectivity index (χ4v) is 7.12. The number of halogens is 5. The molecule has 1 fully saturated rings. The van der Waals surface area contributed by atoms with Crippen molar-refractivity contribution in [2.45, 2.75) is 46.8 Å². The van der Waals surface area contributed by atoms with Gasteiger partial charge in [0.1, 0.15) is 4.90 Å². The molecule has 0 spiro atoms. The first-order valence-corrected chi connectivity index (χ1v) is 15.1. The lowest BCUT2D eigenvalue weighted by atomic mass is 9.95. The molecular formula is C25H24F5N3O2S2. The Morgan fingerprint density at radius 1 is 0.865 bits per heavy atom. The van der Waals surface area contributed by atoms with Crippen molar-refractivity contribution in [3.8, 4) is 11.3 Å². The first-order valence-electron chi connectivity index (χ1n) is 11.6. The highest BCUT2D eigenvalue weighted by Crippen LogP contribution is 3.02. The van der Waals surface area contributed by atoms with Crippen LogP contribution >= 0.6 is 10.2 Å². The van der Waals surface area contributed by atoms with Gasteiger partial charge < -0.3 is 10.3 Å². The molecule has 0 saturated heterocycles. The van der Waals surface area contributed by atoms with Crippen LogP contribution in [0.5, 0.6) is 0 Å². The van der Waals surface area contributed by atoms with E-state index in [4.69, 9.17) is 0 Å². The van der Waals surface area contributed by atoms with Gasteiger partial charge in [0.25, 0.3) is 0 Å². The summed E-state index contributed by atoms with van der Waals surface area (Å²) in [7, 11) is -13.3. The lowest BCUT2D eigenvalue weighted by molar-refractivity contribution is 0.364. The Labute approximate surface area is 210 Å². The predicted molar refractivity (Wildman–Crippen MR) is 136 cm³/mol. The molecule has 2 heterocycles. The van der Waals surface area contributed by atoms with Crippen LogP contribution in [-0.4, -0.2) is 29.7 Å². The second-order valence-electron chi connectivity index (χ2n) is 9.32. The maximum absolute atomic E-state index is 13.2. The summed E-state index contributed by atoms with van der Waals surface area (Å²) < 4.78 is 91.0. The van der Waals surface area contributed by atoms with Gasteiger partial charge in [0.05, 0.1) is 27.6 Å². The highest BCUT2D eigenvalue weighted by Gasteiger charge is 2.65. The number of hydrogen-bond acceptors (Lipinski definition) is 4. The lowest BCUT2D eigenvalue weighted by Crippen LogP contribution is -2.32. The molecule has 2 aromatic carbocycles. The van der Waals surface area contributed by atoms with E-state index in [2.05, 4.69) is 15.3 Å². The maximum atomic E-state index is 13.2. The molecule has 5 nitrogen and oxygen atoms in total. The Kier molecular flexibility index (Phi) is 5.65. The molecule has 37 heavy (non-hydrogen) atoms. The van der Waals surface area contributed by atoms with E-state index in [0.29, 0.717) is 37.8 Å². The fraction of sp³-hybridized carbons (Fsp3) is 0.240. The Balaban J connectivity index is 1.22. The number of nitrogens with zero attached hydrogens (tertiary/aromatic N) is 1. The van der Waals surface area contributed by atoms with Crippen LogP contribution in [0.3, 0.4) is 0 Å². The molecule has 0 unspecified atom stereocenters. The molecule has 5 rings (SSSR count). The summed E-state index contributed by atoms with van der Waals surface area (Å²) in [5.74, 6) is 0. The molecule has 2 aromatic heterocycles. The van der Waals surface area contributed by atoms with Crippen molar-refractivity contribution in [3.05, 3.63) is 73.1 Å². The van der Waals surface area contributed by atoms with Gasteiger partial charge in [-0.05, 0) is 74.2 Å². The van der Waals surface area contributed by atoms with Gasteiger partial charge in [-0.25, -0.2) is 8.42 Å². The van der Waals surface area contributed by atoms with Crippen molar-refractivity contribution >= 4 is 36.7 Å². The highest BCUT2D eigenvalue weighted by molar-refractivity contribution is 8.45. The van der Waals surface area contributed by atoms with Crippen LogP contribution in [-0.2, 0) is 9.84 Å². The second kappa shape index (κ2) is 8.19. The van der Waals surface area contributed by atoms with Crippen molar-refractivity contribution in [2.24, 2.45) is 0 Å². The van der Waals surface area contributed by atoms with Crippen molar-refractivity contribution in [1.82, 2.24) is 9.97 Å². The number of benzene rings is 2. The molecule has 1 aliphatic rings. The maximum Gasteiger partial charge on any atom is 0.310 e. The molecule has 1 saturated carbocycles. The molecule has 0 bridgehead atoms. The van der Waals surface area contributed by atoms with Crippen molar-refractivity contribution < 1.29 is 27.8 Å². The Hall–Kier alpha value is -3.12. The third-order valence-electron chi connectivity index (χ3n) is 6.70. The first-order chi connectivity index (χ1) is 17.2. The number of H-pyrrole nitrogens is 1. The summed E-state index contributed by atoms with van der Waals surface area (Å²) in [6, 6.07) is 13.0. The molecule has 4 aromatic rings. The minimum atomic E-state index is -9.71. The zero-order valence-corrected chi connectivity index (χ0v) is 21.0. The summed E-state index contributed by atoms with van der Waals surface area (Å²) in [5, 5.41) is 3.45. The Bertz CT molecular complexity index is 1550. The number of nitrogens with one attached hydrogen (secondary N) is 2. The summed E-state index contributed by atoms with van der Waals surface area (Å²) >= 11 is 0. The van der Waals surface area contributed by atoms with Gasteiger partial charge in [-0.1, -0.05) is 31.6 Å². The normalized spacial score (nSPS) is 20.8. The van der Waals surface area contributed by atoms with E-state index in [1.807, 2.05) is 18.3 Å². The minimum absolute atomic E-state index is 0.172. The van der Waals surface area contributed by atoms with Gasteiger partial charge in [-0.15, -0.1) is 0 Å². The number of hydrogen-bond donors (Lipinski definition) is 2. The molecule has 0 radical (unpaired) electrons. The van der Waals surface area contributed by atoms with Gasteiger partial charge in [-0.2, -0.15) is 0 Å². The molecular weight excluding hydrogens is 533 g/mol. The zero-order chi connectivity index (χ0) is 26.5. The molecule has 1 aliphatic carbocycles. The lowest BCUT2D eigenvalue weighted by Gasteiger charge is -2.40. The third-order valence-corrected chi connectivity index (χ3v) is 10.1. The molecule has 0 aliphatic heterocycles. The van der Waals surface area contributed by atoms with Crippen molar-refractivity contribution in [3.63, 3.8) is 0 Å². The van der Waals surface area contributed by atoms with E-state index in [-0.39, 0.29) is 16.6 Å². The van der Waals surface area contributed by atoms with Crippen LogP contribution in [0.1, 0.15) is 25.7 Å². The van der Waals surface area contributed by atoms with Gasteiger partial charge >= 0.3 is 10.2 Å². The zero-order valence-electron chi connectivity index (χ0n) is 19.4. The molecule has 0 amide bonds. The largest absolute Gasteiger partial charge is 0.382 e. The molecule has 2 N–H and O–H groups in total. The summed E-state index contributed by atoms with van der Waals surface area (Å²) in [5.41, 5.74) is 2.72. The fourth-order valence-electron chi connectivity index (χ4n) is 4.68. The monoisotopic (exact) mass is 557 g/mol. The second-order valence-corrected chi connectivity index (χ2v) is 14.0. The van der Waals surface area contributed by atoms with Gasteiger partial charge in [0, 0.05) is 28.9 Å².